The van der Waals surface area contributed by atoms with Gasteiger partial charge >= 0.3 is 23.0 Å². The number of nitrogens with zero attached hydrogens (tertiary/aromatic N) is 4. The average Bonchev–Trinajstić information content (AvgIpc) is 3.66. The Balaban J connectivity index is 0.00000480. The van der Waals surface area contributed by atoms with E-state index in [-0.39, 0.29) is 29.3 Å². The van der Waals surface area contributed by atoms with Crippen molar-refractivity contribution in [2.24, 2.45) is 0 Å². The maximum Gasteiger partial charge on any atom is 2.00 e. The second-order valence-electron chi connectivity index (χ2n) is 11.7. The number of carboxylic acid groups (broad SMARTS) is 1. The number of aromatic nitrogens is 4. The van der Waals surface area contributed by atoms with Crippen molar-refractivity contribution in [3.63, 3.8) is 0 Å². The van der Waals surface area contributed by atoms with Crippen molar-refractivity contribution in [3.05, 3.63) is 88.5 Å². The fraction of sp³-hybridized carbons (Fsp3) is 0.297. The van der Waals surface area contributed by atoms with Crippen LogP contribution >= 0.6 is 0 Å². The summed E-state index contributed by atoms with van der Waals surface area (Å²) in [6.45, 7) is 16.9. The molecule has 5 rings (SSSR count). The molecule has 0 atom stereocenters. The summed E-state index contributed by atoms with van der Waals surface area (Å²) in [7, 11) is 0. The molecular weight excluding hydrogens is 618 g/mol. The van der Waals surface area contributed by atoms with E-state index in [4.69, 9.17) is 19.9 Å². The number of aryl methyl sites for hydroxylation is 3. The van der Waals surface area contributed by atoms with E-state index in [1.165, 1.54) is 0 Å². The zero-order valence-electron chi connectivity index (χ0n) is 26.9. The summed E-state index contributed by atoms with van der Waals surface area (Å²) in [5.74, 6) is -0.668. The zero-order chi connectivity index (χ0) is 32.4. The zero-order valence-corrected chi connectivity index (χ0v) is 28.0. The van der Waals surface area contributed by atoms with E-state index in [2.05, 4.69) is 18.9 Å². The van der Waals surface area contributed by atoms with Crippen LogP contribution in [0.15, 0.2) is 43.5 Å². The molecule has 3 aromatic rings. The van der Waals surface area contributed by atoms with Crippen LogP contribution in [-0.4, -0.2) is 33.4 Å². The van der Waals surface area contributed by atoms with Crippen molar-refractivity contribution in [1.82, 2.24) is 19.9 Å². The van der Waals surface area contributed by atoms with Gasteiger partial charge in [-0.2, -0.15) is 0 Å². The Hall–Kier alpha value is -4.30. The quantitative estimate of drug-likeness (QED) is 0.232. The fourth-order valence-corrected chi connectivity index (χ4v) is 6.09. The Morgan fingerprint density at radius 1 is 0.783 bits per heavy atom. The monoisotopic (exact) mass is 658 g/mol. The molecular formula is C37H40FeN5O3+. The summed E-state index contributed by atoms with van der Waals surface area (Å²) in [6.07, 6.45) is 6.18. The third-order valence-corrected chi connectivity index (χ3v) is 8.83. The average molecular weight is 659 g/mol. The van der Waals surface area contributed by atoms with Gasteiger partial charge in [-0.05, 0) is 62.8 Å². The molecule has 0 unspecified atom stereocenters. The number of aliphatic carboxylic acids is 1. The molecule has 3 aromatic heterocycles. The van der Waals surface area contributed by atoms with Crippen LogP contribution in [0.1, 0.15) is 91.0 Å². The Kier molecular flexibility index (Phi) is 10.8. The van der Waals surface area contributed by atoms with Crippen molar-refractivity contribution in [2.75, 3.05) is 6.54 Å². The van der Waals surface area contributed by atoms with Crippen molar-refractivity contribution < 1.29 is 37.5 Å². The van der Waals surface area contributed by atoms with Crippen LogP contribution < -0.4 is 15.7 Å². The molecule has 0 saturated carbocycles. The summed E-state index contributed by atoms with van der Waals surface area (Å²) >= 11 is 0. The first-order valence-electron chi connectivity index (χ1n) is 15.4. The Labute approximate surface area is 280 Å². The number of carbonyl (C=O) groups is 2. The molecule has 238 valence electrons. The van der Waals surface area contributed by atoms with Crippen LogP contribution in [0.3, 0.4) is 0 Å². The van der Waals surface area contributed by atoms with Crippen LogP contribution in [0.2, 0.25) is 0 Å². The molecule has 46 heavy (non-hydrogen) atoms. The van der Waals surface area contributed by atoms with Gasteiger partial charge in [0.2, 0.25) is 0 Å². The molecule has 9 heteroatoms. The number of rotatable bonds is 11. The summed E-state index contributed by atoms with van der Waals surface area (Å²) in [5, 5.41) is 9.52. The molecule has 8 nitrogen and oxygen atoms in total. The van der Waals surface area contributed by atoms with Gasteiger partial charge < -0.3 is 20.8 Å². The molecule has 0 aromatic carbocycles. The van der Waals surface area contributed by atoms with E-state index in [9.17, 15) is 14.7 Å². The van der Waals surface area contributed by atoms with Gasteiger partial charge in [0.05, 0.1) is 29.3 Å². The summed E-state index contributed by atoms with van der Waals surface area (Å²) in [6, 6.07) is 7.86. The van der Waals surface area contributed by atoms with Gasteiger partial charge in [-0.1, -0.05) is 66.3 Å². The molecule has 5 heterocycles. The maximum absolute atomic E-state index is 12.7. The van der Waals surface area contributed by atoms with E-state index in [1.807, 2.05) is 58.0 Å². The molecule has 0 saturated heterocycles. The molecule has 8 bridgehead atoms. The molecule has 0 aliphatic carbocycles. The number of Topliss-reactive ketones (excluding diaryl/α,β-unsaturated/α-hetero) is 1. The SMILES string of the molecule is C=CC1=C(C)c2cc3[n-]c(cc4nc(cc5[n-]c(cc1n2)c(C)c5C=C)C(C)=C4CCC(=O)O)c(CCC(=O)CCC[NH3+])c3C.[Fe+2]. The minimum Gasteiger partial charge on any atom is -0.657 e. The van der Waals surface area contributed by atoms with Crippen LogP contribution in [0.5, 0.6) is 0 Å². The van der Waals surface area contributed by atoms with Gasteiger partial charge in [0.1, 0.15) is 5.78 Å². The standard InChI is InChI=1S/C37H40N5O3.Fe/c1-7-25-20(3)29-16-30-22(5)27(12-11-24(43)10-9-15-38)35(41-30)19-36-28(13-14-37(44)45)23(6)32(42-36)18-34-26(8-2)21(4)31(40-34)17-33(25)39-29;/h7-8,16-19H,1-2,9-15,38H2,3-6H3,(H2-,39,40,41,42,44,45);/q-1;+2. The number of ketones is 1. The maximum atomic E-state index is 12.7. The van der Waals surface area contributed by atoms with Gasteiger partial charge in [-0.25, -0.2) is 9.97 Å². The van der Waals surface area contributed by atoms with Crippen LogP contribution in [0.25, 0.3) is 50.4 Å². The molecule has 0 amide bonds. The normalized spacial score (nSPS) is 12.7. The van der Waals surface area contributed by atoms with E-state index in [0.717, 1.165) is 96.7 Å². The predicted octanol–water partition coefficient (Wildman–Crippen LogP) is 6.27. The number of fused-ring (bicyclic) bond motifs is 8. The Bertz CT molecular complexity index is 1980. The van der Waals surface area contributed by atoms with E-state index < -0.39 is 5.97 Å². The first-order chi connectivity index (χ1) is 21.6. The fourth-order valence-electron chi connectivity index (χ4n) is 6.09. The first kappa shape index (κ1) is 34.6. The second kappa shape index (κ2) is 14.4. The number of hydrogen-bond donors (Lipinski definition) is 2. The van der Waals surface area contributed by atoms with Crippen molar-refractivity contribution in [2.45, 2.75) is 66.2 Å². The number of carbonyl (C=O) groups excluding carboxylic acids is 1. The van der Waals surface area contributed by atoms with Crippen LogP contribution in [0.4, 0.5) is 0 Å². The second-order valence-corrected chi connectivity index (χ2v) is 11.7. The van der Waals surface area contributed by atoms with E-state index in [0.29, 0.717) is 31.4 Å². The van der Waals surface area contributed by atoms with Crippen molar-refractivity contribution >= 4 is 62.2 Å². The van der Waals surface area contributed by atoms with Gasteiger partial charge in [0, 0.05) is 31.3 Å². The molecule has 2 aliphatic rings. The minimum atomic E-state index is -0.871. The topological polar surface area (TPSA) is 136 Å². The van der Waals surface area contributed by atoms with Gasteiger partial charge in [0.25, 0.3) is 0 Å². The third-order valence-electron chi connectivity index (χ3n) is 8.83. The van der Waals surface area contributed by atoms with Crippen LogP contribution in [0, 0.1) is 13.8 Å². The minimum absolute atomic E-state index is 0. The summed E-state index contributed by atoms with van der Waals surface area (Å²) in [5.41, 5.74) is 17.4. The van der Waals surface area contributed by atoms with Gasteiger partial charge in [-0.3, -0.25) is 9.59 Å². The Morgan fingerprint density at radius 2 is 1.39 bits per heavy atom. The smallest absolute Gasteiger partial charge is 0.657 e. The molecule has 0 radical (unpaired) electrons. The van der Waals surface area contributed by atoms with E-state index in [1.54, 1.807) is 6.08 Å². The Morgan fingerprint density at radius 3 is 2.07 bits per heavy atom. The number of allylic oxidation sites excluding steroid dienone is 5. The molecule has 0 spiro atoms. The summed E-state index contributed by atoms with van der Waals surface area (Å²) < 4.78 is 0. The number of hydrogen-bond acceptors (Lipinski definition) is 4. The molecule has 0 fully saturated rings. The molecule has 4 N–H and O–H groups in total. The largest absolute Gasteiger partial charge is 2.00 e. The number of quaternary nitrogens is 1. The summed E-state index contributed by atoms with van der Waals surface area (Å²) in [4.78, 5) is 44.3. The van der Waals surface area contributed by atoms with Crippen LogP contribution in [-0.2, 0) is 33.1 Å². The van der Waals surface area contributed by atoms with E-state index >= 15 is 0 Å². The first-order valence-corrected chi connectivity index (χ1v) is 15.4. The molecule has 2 aliphatic heterocycles. The van der Waals surface area contributed by atoms with Crippen molar-refractivity contribution in [1.29, 1.82) is 0 Å². The van der Waals surface area contributed by atoms with Crippen molar-refractivity contribution in [3.8, 4) is 0 Å². The number of carboxylic acids is 1. The predicted molar refractivity (Wildman–Crippen MR) is 181 cm³/mol. The van der Waals surface area contributed by atoms with Gasteiger partial charge in [0.15, 0.2) is 0 Å². The van der Waals surface area contributed by atoms with Gasteiger partial charge in [-0.15, -0.1) is 22.1 Å². The third kappa shape index (κ3) is 6.77.